The highest BCUT2D eigenvalue weighted by molar-refractivity contribution is 9.10. The van der Waals surface area contributed by atoms with Crippen LogP contribution in [0.2, 0.25) is 0 Å². The molecule has 0 bridgehead atoms. The first-order valence-electron chi connectivity index (χ1n) is 11.4. The van der Waals surface area contributed by atoms with Gasteiger partial charge in [0.25, 0.3) is 0 Å². The summed E-state index contributed by atoms with van der Waals surface area (Å²) >= 11 is 3.53. The molecule has 170 valence electrons. The highest BCUT2D eigenvalue weighted by Gasteiger charge is 2.55. The molecule has 2 heterocycles. The van der Waals surface area contributed by atoms with Gasteiger partial charge in [-0.15, -0.1) is 0 Å². The highest BCUT2D eigenvalue weighted by atomic mass is 79.9. The first-order chi connectivity index (χ1) is 15.6. The second kappa shape index (κ2) is 8.28. The lowest BCUT2D eigenvalue weighted by Crippen LogP contribution is -2.46. The van der Waals surface area contributed by atoms with Crippen molar-refractivity contribution < 1.29 is 18.4 Å². The zero-order valence-corrected chi connectivity index (χ0v) is 21.2. The van der Waals surface area contributed by atoms with E-state index < -0.39 is 18.5 Å². The molecule has 1 atom stereocenters. The maximum absolute atomic E-state index is 6.30. The van der Waals surface area contributed by atoms with Crippen LogP contribution in [0, 0.1) is 0 Å². The summed E-state index contributed by atoms with van der Waals surface area (Å²) in [6, 6.07) is 21.1. The van der Waals surface area contributed by atoms with Crippen molar-refractivity contribution in [2.24, 2.45) is 0 Å². The maximum Gasteiger partial charge on any atom is 0.640 e. The lowest BCUT2D eigenvalue weighted by Gasteiger charge is -2.36. The van der Waals surface area contributed by atoms with Crippen molar-refractivity contribution in [2.75, 3.05) is 0 Å². The van der Waals surface area contributed by atoms with Gasteiger partial charge in [0.15, 0.2) is 0 Å². The molecule has 0 radical (unpaired) electrons. The van der Waals surface area contributed by atoms with Crippen LogP contribution in [0.4, 0.5) is 0 Å². The Labute approximate surface area is 203 Å². The first-order valence-corrected chi connectivity index (χ1v) is 12.2. The van der Waals surface area contributed by atoms with Crippen molar-refractivity contribution >= 4 is 45.2 Å². The van der Waals surface area contributed by atoms with Gasteiger partial charge in [0.05, 0.1) is 11.2 Å². The van der Waals surface area contributed by atoms with E-state index in [1.165, 1.54) is 5.56 Å². The standard InChI is InChI=1S/C27H28BBrO4/c1-17(2)31-28-32-26(3,4)27(5,33-28)16-18-9-14-22-24(15-18)30-23-8-6-7-21(25(22)23)19-10-12-20(29)13-11-19/h6-15,17H,16H2,1-5H3. The molecule has 4 aromatic rings. The summed E-state index contributed by atoms with van der Waals surface area (Å²) in [7, 11) is -0.659. The molecule has 5 rings (SSSR count). The zero-order valence-electron chi connectivity index (χ0n) is 19.6. The number of fused-ring (bicyclic) bond motifs is 3. The van der Waals surface area contributed by atoms with Crippen molar-refractivity contribution in [1.82, 2.24) is 0 Å². The number of hydrogen-bond acceptors (Lipinski definition) is 4. The normalized spacial score (nSPS) is 20.4. The Morgan fingerprint density at radius 1 is 0.939 bits per heavy atom. The molecule has 0 N–H and O–H groups in total. The molecule has 0 saturated carbocycles. The minimum absolute atomic E-state index is 0.0278. The van der Waals surface area contributed by atoms with Gasteiger partial charge in [0.1, 0.15) is 11.2 Å². The van der Waals surface area contributed by atoms with E-state index in [-0.39, 0.29) is 6.10 Å². The summed E-state index contributed by atoms with van der Waals surface area (Å²) in [5.74, 6) is 0. The smallest absolute Gasteiger partial charge is 0.456 e. The quantitative estimate of drug-likeness (QED) is 0.262. The molecule has 33 heavy (non-hydrogen) atoms. The van der Waals surface area contributed by atoms with Gasteiger partial charge in [0.2, 0.25) is 0 Å². The summed E-state index contributed by atoms with van der Waals surface area (Å²) in [5.41, 5.74) is 4.20. The van der Waals surface area contributed by atoms with Crippen molar-refractivity contribution in [3.63, 3.8) is 0 Å². The molecule has 1 saturated heterocycles. The summed E-state index contributed by atoms with van der Waals surface area (Å²) < 4.78 is 25.5. The van der Waals surface area contributed by atoms with E-state index in [2.05, 4.69) is 85.2 Å². The van der Waals surface area contributed by atoms with Crippen LogP contribution in [0.3, 0.4) is 0 Å². The fraction of sp³-hybridized carbons (Fsp3) is 0.333. The van der Waals surface area contributed by atoms with E-state index in [1.807, 2.05) is 26.0 Å². The van der Waals surface area contributed by atoms with Crippen LogP contribution in [-0.4, -0.2) is 24.6 Å². The second-order valence-corrected chi connectivity index (χ2v) is 10.7. The van der Waals surface area contributed by atoms with Crippen LogP contribution in [0.5, 0.6) is 0 Å². The molecule has 0 amide bonds. The van der Waals surface area contributed by atoms with Crippen LogP contribution in [-0.2, 0) is 20.4 Å². The molecule has 1 aliphatic rings. The second-order valence-electron chi connectivity index (χ2n) is 9.75. The van der Waals surface area contributed by atoms with E-state index in [0.717, 1.165) is 37.5 Å². The summed E-state index contributed by atoms with van der Waals surface area (Å²) in [4.78, 5) is 0. The Bertz CT molecular complexity index is 1310. The predicted octanol–water partition coefficient (Wildman–Crippen LogP) is 7.55. The van der Waals surface area contributed by atoms with Gasteiger partial charge in [-0.2, -0.15) is 0 Å². The van der Waals surface area contributed by atoms with Gasteiger partial charge < -0.3 is 18.4 Å². The van der Waals surface area contributed by atoms with Crippen LogP contribution >= 0.6 is 15.9 Å². The third-order valence-corrected chi connectivity index (χ3v) is 7.19. The number of benzene rings is 3. The lowest BCUT2D eigenvalue weighted by atomic mass is 9.82. The van der Waals surface area contributed by atoms with Crippen LogP contribution in [0.25, 0.3) is 33.1 Å². The molecule has 0 aliphatic carbocycles. The maximum atomic E-state index is 6.30. The van der Waals surface area contributed by atoms with Crippen molar-refractivity contribution in [3.8, 4) is 11.1 Å². The van der Waals surface area contributed by atoms with Crippen LogP contribution in [0.1, 0.15) is 40.2 Å². The van der Waals surface area contributed by atoms with E-state index >= 15 is 0 Å². The Kier molecular flexibility index (Phi) is 5.69. The Morgan fingerprint density at radius 3 is 2.42 bits per heavy atom. The largest absolute Gasteiger partial charge is 0.640 e. The minimum Gasteiger partial charge on any atom is -0.456 e. The molecule has 1 aliphatic heterocycles. The van der Waals surface area contributed by atoms with Gasteiger partial charge >= 0.3 is 7.32 Å². The van der Waals surface area contributed by atoms with Gasteiger partial charge in [-0.05, 0) is 75.6 Å². The van der Waals surface area contributed by atoms with Crippen molar-refractivity contribution in [1.29, 1.82) is 0 Å². The Hall–Kier alpha value is -2.12. The monoisotopic (exact) mass is 506 g/mol. The number of hydrogen-bond donors (Lipinski definition) is 0. The fourth-order valence-electron chi connectivity index (χ4n) is 4.52. The number of rotatable bonds is 5. The van der Waals surface area contributed by atoms with E-state index in [9.17, 15) is 0 Å². The number of halogens is 1. The molecule has 0 spiro atoms. The Balaban J connectivity index is 1.51. The van der Waals surface area contributed by atoms with Gasteiger partial charge in [0, 0.05) is 27.8 Å². The third-order valence-electron chi connectivity index (χ3n) is 6.66. The van der Waals surface area contributed by atoms with Gasteiger partial charge in [-0.1, -0.05) is 52.3 Å². The molecular formula is C27H28BBrO4. The average Bonchev–Trinajstić information content (AvgIpc) is 3.20. The SMILES string of the molecule is CC(C)OB1OC(C)(C)C(C)(Cc2ccc3c(c2)oc2cccc(-c4ccc(Br)cc4)c23)O1. The third kappa shape index (κ3) is 4.14. The molecular weight excluding hydrogens is 479 g/mol. The van der Waals surface area contributed by atoms with Gasteiger partial charge in [-0.3, -0.25) is 0 Å². The highest BCUT2D eigenvalue weighted by Crippen LogP contribution is 2.42. The summed E-state index contributed by atoms with van der Waals surface area (Å²) in [5, 5.41) is 2.25. The average molecular weight is 507 g/mol. The molecule has 3 aromatic carbocycles. The lowest BCUT2D eigenvalue weighted by molar-refractivity contribution is -0.00882. The Morgan fingerprint density at radius 2 is 1.70 bits per heavy atom. The topological polar surface area (TPSA) is 40.8 Å². The van der Waals surface area contributed by atoms with E-state index in [0.29, 0.717) is 6.42 Å². The zero-order chi connectivity index (χ0) is 23.4. The van der Waals surface area contributed by atoms with Crippen LogP contribution in [0.15, 0.2) is 69.6 Å². The first kappa shape index (κ1) is 22.7. The predicted molar refractivity (Wildman–Crippen MR) is 137 cm³/mol. The van der Waals surface area contributed by atoms with Crippen molar-refractivity contribution in [3.05, 3.63) is 70.7 Å². The van der Waals surface area contributed by atoms with Crippen LogP contribution < -0.4 is 0 Å². The minimum atomic E-state index is -0.659. The molecule has 6 heteroatoms. The number of furan rings is 1. The van der Waals surface area contributed by atoms with Crippen molar-refractivity contribution in [2.45, 2.75) is 58.3 Å². The van der Waals surface area contributed by atoms with E-state index in [1.54, 1.807) is 0 Å². The molecule has 1 unspecified atom stereocenters. The molecule has 1 fully saturated rings. The fourth-order valence-corrected chi connectivity index (χ4v) is 4.78. The van der Waals surface area contributed by atoms with Gasteiger partial charge in [-0.25, -0.2) is 0 Å². The summed E-state index contributed by atoms with van der Waals surface area (Å²) in [6.07, 6.45) is 0.713. The molecule has 4 nitrogen and oxygen atoms in total. The van der Waals surface area contributed by atoms with E-state index in [4.69, 9.17) is 18.4 Å². The molecule has 1 aromatic heterocycles. The summed E-state index contributed by atoms with van der Waals surface area (Å²) in [6.45, 7) is 10.2.